The van der Waals surface area contributed by atoms with Gasteiger partial charge in [0.25, 0.3) is 0 Å². The van der Waals surface area contributed by atoms with Crippen molar-refractivity contribution in [1.29, 1.82) is 0 Å². The number of benzene rings is 4. The second kappa shape index (κ2) is 21.6. The number of carboxylic acids is 1. The number of aromatic amines is 2. The lowest BCUT2D eigenvalue weighted by molar-refractivity contribution is -0.192. The van der Waals surface area contributed by atoms with Crippen molar-refractivity contribution in [3.05, 3.63) is 130 Å². The number of hydrogen-bond acceptors (Lipinski definition) is 10. The highest BCUT2D eigenvalue weighted by Gasteiger charge is 2.38. The zero-order chi connectivity index (χ0) is 49.3. The van der Waals surface area contributed by atoms with Crippen LogP contribution in [-0.2, 0) is 9.53 Å². The van der Waals surface area contributed by atoms with Gasteiger partial charge < -0.3 is 40.2 Å². The molecule has 1 amide bonds. The molecule has 14 nitrogen and oxygen atoms in total. The second-order valence-corrected chi connectivity index (χ2v) is 17.5. The maximum absolute atomic E-state index is 12.4. The van der Waals surface area contributed by atoms with Crippen LogP contribution in [-0.4, -0.2) is 115 Å². The van der Waals surface area contributed by atoms with Crippen LogP contribution in [0.15, 0.2) is 107 Å². The minimum absolute atomic E-state index is 0.0000876. The Balaban J connectivity index is 0.000000200. The molecule has 2 aliphatic heterocycles. The van der Waals surface area contributed by atoms with Crippen LogP contribution in [0.4, 0.5) is 18.0 Å². The number of carboxylic acid groups (broad SMARTS) is 1. The van der Waals surface area contributed by atoms with E-state index in [1.165, 1.54) is 6.92 Å². The van der Waals surface area contributed by atoms with Crippen molar-refractivity contribution < 1.29 is 52.4 Å². The van der Waals surface area contributed by atoms with E-state index in [-0.39, 0.29) is 41.5 Å². The number of carbonyl (C=O) groups is 4. The molecular weight excluding hydrogens is 882 g/mol. The van der Waals surface area contributed by atoms with Crippen molar-refractivity contribution in [2.24, 2.45) is 9.98 Å². The number of amides is 1. The fraction of sp³-hybridized carbons (Fsp3) is 0.333. The molecule has 4 aromatic carbocycles. The number of likely N-dealkylation sites (tertiary alicyclic amines) is 1. The van der Waals surface area contributed by atoms with Crippen LogP contribution in [0.3, 0.4) is 0 Å². The molecule has 0 unspecified atom stereocenters. The Labute approximate surface area is 391 Å². The number of aliphatic imine (C=N–C) groups is 2. The number of halogens is 3. The van der Waals surface area contributed by atoms with E-state index in [4.69, 9.17) is 24.6 Å². The minimum atomic E-state index is -5.08. The lowest BCUT2D eigenvalue weighted by Gasteiger charge is -2.32. The van der Waals surface area contributed by atoms with Crippen molar-refractivity contribution in [3.63, 3.8) is 0 Å². The van der Waals surface area contributed by atoms with Crippen LogP contribution in [0.1, 0.15) is 103 Å². The maximum atomic E-state index is 12.4. The molecule has 2 saturated heterocycles. The molecule has 6 aromatic rings. The summed E-state index contributed by atoms with van der Waals surface area (Å²) in [5, 5.41) is 33.6. The lowest BCUT2D eigenvalue weighted by Crippen LogP contribution is -2.42. The van der Waals surface area contributed by atoms with Crippen molar-refractivity contribution in [2.45, 2.75) is 84.2 Å². The van der Waals surface area contributed by atoms with E-state index < -0.39 is 17.7 Å². The summed E-state index contributed by atoms with van der Waals surface area (Å²) in [6.07, 6.45) is -2.06. The molecule has 0 radical (unpaired) electrons. The van der Waals surface area contributed by atoms with Gasteiger partial charge in [0.05, 0.1) is 34.6 Å². The number of rotatable bonds is 8. The average molecular weight is 937 g/mol. The standard InChI is InChI=1S/C27H31N3O4.C22H23N3O2.C2HF3O2/c1-17(31)19-10-11-22-21(16-19)23(25(32)29-22)24(18-8-6-5-7-9-18)28-20-12-14-30(15-13-20)26(33)34-27(2,3)4;1-14(26)16-7-8-19-18(13-16)20(22(27)25-19)21(15-5-3-2-4-6-15)24-17-9-11-23-12-10-17;3-2(4,5)1(6)7/h5-11,16,20,29,32H,12-15H2,1-4H3;2-8,13,17,23,25,27H,9-12H2,1H3;(H,6,7). The molecule has 2 fully saturated rings. The average Bonchev–Trinajstić information content (AvgIpc) is 3.81. The van der Waals surface area contributed by atoms with Gasteiger partial charge in [-0.05, 0) is 110 Å². The van der Waals surface area contributed by atoms with E-state index in [0.29, 0.717) is 53.9 Å². The van der Waals surface area contributed by atoms with Gasteiger partial charge in [-0.25, -0.2) is 9.59 Å². The maximum Gasteiger partial charge on any atom is 0.490 e. The molecule has 4 heterocycles. The molecule has 17 heteroatoms. The number of piperidine rings is 2. The van der Waals surface area contributed by atoms with Crippen LogP contribution >= 0.6 is 0 Å². The van der Waals surface area contributed by atoms with E-state index in [9.17, 15) is 37.8 Å². The summed E-state index contributed by atoms with van der Waals surface area (Å²) in [6, 6.07) is 30.6. The van der Waals surface area contributed by atoms with Crippen LogP contribution in [0.25, 0.3) is 21.8 Å². The number of nitrogens with zero attached hydrogens (tertiary/aromatic N) is 3. The first kappa shape index (κ1) is 50.1. The number of fused-ring (bicyclic) bond motifs is 2. The molecule has 0 saturated carbocycles. The zero-order valence-corrected chi connectivity index (χ0v) is 38.4. The van der Waals surface area contributed by atoms with Crippen molar-refractivity contribution in [2.75, 3.05) is 26.2 Å². The second-order valence-electron chi connectivity index (χ2n) is 17.5. The molecule has 358 valence electrons. The molecule has 0 aliphatic carbocycles. The summed E-state index contributed by atoms with van der Waals surface area (Å²) >= 11 is 0. The largest absolute Gasteiger partial charge is 0.494 e. The number of alkyl halides is 3. The number of ether oxygens (including phenoxy) is 1. The van der Waals surface area contributed by atoms with Crippen molar-refractivity contribution in [3.8, 4) is 11.8 Å². The molecule has 2 aliphatic rings. The van der Waals surface area contributed by atoms with Gasteiger partial charge in [0.1, 0.15) is 5.60 Å². The third-order valence-electron chi connectivity index (χ3n) is 11.2. The lowest BCUT2D eigenvalue weighted by atomic mass is 9.98. The number of aromatic nitrogens is 2. The number of aromatic hydroxyl groups is 2. The molecule has 0 bridgehead atoms. The summed E-state index contributed by atoms with van der Waals surface area (Å²) in [5.74, 6) is -2.69. The monoisotopic (exact) mass is 936 g/mol. The van der Waals surface area contributed by atoms with Gasteiger partial charge >= 0.3 is 18.2 Å². The summed E-state index contributed by atoms with van der Waals surface area (Å²) < 4.78 is 37.2. The first-order valence-corrected chi connectivity index (χ1v) is 22.2. The van der Waals surface area contributed by atoms with Crippen LogP contribution in [0.5, 0.6) is 11.8 Å². The zero-order valence-electron chi connectivity index (χ0n) is 38.4. The summed E-state index contributed by atoms with van der Waals surface area (Å²) in [5.41, 5.74) is 6.72. The van der Waals surface area contributed by atoms with E-state index in [1.54, 1.807) is 36.1 Å². The Kier molecular flexibility index (Phi) is 15.9. The van der Waals surface area contributed by atoms with Gasteiger partial charge in [-0.2, -0.15) is 13.2 Å². The highest BCUT2D eigenvalue weighted by atomic mass is 19.4. The van der Waals surface area contributed by atoms with Gasteiger partial charge in [-0.1, -0.05) is 60.7 Å². The molecule has 6 N–H and O–H groups in total. The first-order chi connectivity index (χ1) is 32.2. The fourth-order valence-electron chi connectivity index (χ4n) is 7.84. The smallest absolute Gasteiger partial charge is 0.490 e. The number of Topliss-reactive ketones (excluding diaryl/α,β-unsaturated/α-hetero) is 2. The molecule has 68 heavy (non-hydrogen) atoms. The van der Waals surface area contributed by atoms with E-state index in [1.807, 2.05) is 93.6 Å². The quantitative estimate of drug-likeness (QED) is 0.0633. The number of carbonyl (C=O) groups excluding carboxylic acids is 3. The molecule has 2 aromatic heterocycles. The number of aliphatic carboxylic acids is 1. The van der Waals surface area contributed by atoms with Crippen LogP contribution in [0, 0.1) is 0 Å². The van der Waals surface area contributed by atoms with Gasteiger partial charge in [0.2, 0.25) is 0 Å². The van der Waals surface area contributed by atoms with E-state index in [2.05, 4.69) is 15.3 Å². The summed E-state index contributed by atoms with van der Waals surface area (Å²) in [7, 11) is 0. The number of ketones is 2. The fourth-order valence-corrected chi connectivity index (χ4v) is 7.84. The molecular formula is C51H55F3N6O8. The highest BCUT2D eigenvalue weighted by molar-refractivity contribution is 6.22. The summed E-state index contributed by atoms with van der Waals surface area (Å²) in [6.45, 7) is 11.7. The Morgan fingerprint density at radius 1 is 0.632 bits per heavy atom. The third kappa shape index (κ3) is 12.8. The first-order valence-electron chi connectivity index (χ1n) is 22.2. The Bertz CT molecular complexity index is 2820. The van der Waals surface area contributed by atoms with Crippen LogP contribution in [0.2, 0.25) is 0 Å². The van der Waals surface area contributed by atoms with E-state index in [0.717, 1.165) is 64.6 Å². The SMILES string of the molecule is CC(=O)c1ccc2[nH]c(O)c(C(=NC3CCN(C(=O)OC(C)(C)C)CC3)c3ccccc3)c2c1.CC(=O)c1ccc2[nH]c(O)c(C(=NC3CCNCC3)c3ccccc3)c2c1.O=C(O)C(F)(F)F. The molecule has 0 spiro atoms. The number of hydrogen-bond donors (Lipinski definition) is 6. The van der Waals surface area contributed by atoms with Gasteiger partial charge in [0.15, 0.2) is 23.3 Å². The topological polar surface area (TPSA) is 210 Å². The van der Waals surface area contributed by atoms with E-state index >= 15 is 0 Å². The van der Waals surface area contributed by atoms with Gasteiger partial charge in [0, 0.05) is 57.1 Å². The number of nitrogens with one attached hydrogen (secondary N) is 3. The third-order valence-corrected chi connectivity index (χ3v) is 11.2. The predicted octanol–water partition coefficient (Wildman–Crippen LogP) is 9.61. The van der Waals surface area contributed by atoms with Gasteiger partial charge in [-0.15, -0.1) is 0 Å². The normalized spacial score (nSPS) is 15.3. The minimum Gasteiger partial charge on any atom is -0.494 e. The predicted molar refractivity (Wildman–Crippen MR) is 255 cm³/mol. The van der Waals surface area contributed by atoms with Crippen molar-refractivity contribution in [1.82, 2.24) is 20.2 Å². The van der Waals surface area contributed by atoms with Crippen molar-refractivity contribution >= 4 is 56.9 Å². The summed E-state index contributed by atoms with van der Waals surface area (Å²) in [4.78, 5) is 63.1. The Morgan fingerprint density at radius 3 is 1.40 bits per heavy atom. The van der Waals surface area contributed by atoms with Crippen LogP contribution < -0.4 is 5.32 Å². The highest BCUT2D eigenvalue weighted by Crippen LogP contribution is 2.34. The Morgan fingerprint density at radius 2 is 1.03 bits per heavy atom. The molecule has 8 rings (SSSR count). The number of H-pyrrole nitrogens is 2. The Hall–Kier alpha value is -7.27. The van der Waals surface area contributed by atoms with Gasteiger partial charge in [-0.3, -0.25) is 19.6 Å². The molecule has 0 atom stereocenters.